The predicted molar refractivity (Wildman–Crippen MR) is 86.0 cm³/mol. The zero-order valence-electron chi connectivity index (χ0n) is 14.1. The maximum Gasteiger partial charge on any atom is 0.0911 e. The lowest BCUT2D eigenvalue weighted by Gasteiger charge is -2.39. The highest BCUT2D eigenvalue weighted by Gasteiger charge is 2.25. The number of nitrogens with zero attached hydrogens (tertiary/aromatic N) is 1. The van der Waals surface area contributed by atoms with Crippen molar-refractivity contribution in [1.29, 1.82) is 0 Å². The van der Waals surface area contributed by atoms with Crippen LogP contribution in [0.25, 0.3) is 0 Å². The van der Waals surface area contributed by atoms with Crippen LogP contribution < -0.4 is 5.43 Å². The molecule has 124 valence electrons. The summed E-state index contributed by atoms with van der Waals surface area (Å²) in [5.74, 6) is 0.772. The molecule has 4 nitrogen and oxygen atoms in total. The van der Waals surface area contributed by atoms with Crippen LogP contribution in [0.1, 0.15) is 65.7 Å². The highest BCUT2D eigenvalue weighted by Crippen LogP contribution is 2.25. The van der Waals surface area contributed by atoms with E-state index in [1.54, 1.807) is 0 Å². The van der Waals surface area contributed by atoms with Crippen molar-refractivity contribution in [3.05, 3.63) is 0 Å². The monoisotopic (exact) mass is 298 g/mol. The Bertz CT molecular complexity index is 291. The Balaban J connectivity index is 1.63. The minimum Gasteiger partial charge on any atom is -0.389 e. The molecule has 2 aliphatic rings. The molecule has 2 rings (SSSR count). The lowest BCUT2D eigenvalue weighted by molar-refractivity contribution is -0.0427. The van der Waals surface area contributed by atoms with E-state index in [9.17, 15) is 5.11 Å². The van der Waals surface area contributed by atoms with Crippen molar-refractivity contribution >= 4 is 0 Å². The SMILES string of the molecule is CC1CCCC(OCC(O)CNN2C(C)CCCC2C)C1. The molecule has 0 aromatic carbocycles. The fourth-order valence-corrected chi connectivity index (χ4v) is 3.78. The molecule has 2 fully saturated rings. The summed E-state index contributed by atoms with van der Waals surface area (Å²) in [4.78, 5) is 0. The third kappa shape index (κ3) is 5.51. The van der Waals surface area contributed by atoms with Crippen LogP contribution in [0, 0.1) is 5.92 Å². The van der Waals surface area contributed by atoms with Crippen LogP contribution in [-0.2, 0) is 4.74 Å². The molecule has 2 N–H and O–H groups in total. The van der Waals surface area contributed by atoms with Gasteiger partial charge in [-0.2, -0.15) is 0 Å². The molecule has 5 atom stereocenters. The molecule has 1 saturated carbocycles. The molecule has 0 bridgehead atoms. The third-order valence-electron chi connectivity index (χ3n) is 5.12. The lowest BCUT2D eigenvalue weighted by Crippen LogP contribution is -2.54. The molecule has 5 unspecified atom stereocenters. The molecule has 0 aromatic rings. The molecular formula is C17H34N2O2. The van der Waals surface area contributed by atoms with Gasteiger partial charge >= 0.3 is 0 Å². The van der Waals surface area contributed by atoms with Gasteiger partial charge in [-0.05, 0) is 45.4 Å². The van der Waals surface area contributed by atoms with Crippen LogP contribution in [0.15, 0.2) is 0 Å². The number of aliphatic hydroxyl groups is 1. The third-order valence-corrected chi connectivity index (χ3v) is 5.12. The van der Waals surface area contributed by atoms with Crippen molar-refractivity contribution < 1.29 is 9.84 Å². The minimum absolute atomic E-state index is 0.358. The Morgan fingerprint density at radius 3 is 2.43 bits per heavy atom. The summed E-state index contributed by atoms with van der Waals surface area (Å²) in [7, 11) is 0. The van der Waals surface area contributed by atoms with Gasteiger partial charge in [-0.25, -0.2) is 5.01 Å². The van der Waals surface area contributed by atoms with Gasteiger partial charge in [0.05, 0.1) is 18.8 Å². The first-order chi connectivity index (χ1) is 10.1. The van der Waals surface area contributed by atoms with Crippen LogP contribution >= 0.6 is 0 Å². The number of nitrogens with one attached hydrogen (secondary N) is 1. The Morgan fingerprint density at radius 2 is 1.76 bits per heavy atom. The molecule has 1 heterocycles. The first-order valence-electron chi connectivity index (χ1n) is 8.87. The molecule has 1 aliphatic carbocycles. The number of aliphatic hydroxyl groups excluding tert-OH is 1. The fourth-order valence-electron chi connectivity index (χ4n) is 3.78. The molecule has 1 saturated heterocycles. The second-order valence-corrected chi connectivity index (χ2v) is 7.28. The van der Waals surface area contributed by atoms with E-state index in [0.29, 0.717) is 31.3 Å². The van der Waals surface area contributed by atoms with E-state index in [-0.39, 0.29) is 0 Å². The summed E-state index contributed by atoms with van der Waals surface area (Å²) in [6, 6.07) is 1.11. The van der Waals surface area contributed by atoms with Gasteiger partial charge in [-0.3, -0.25) is 5.43 Å². The van der Waals surface area contributed by atoms with Crippen molar-refractivity contribution in [2.75, 3.05) is 13.2 Å². The summed E-state index contributed by atoms with van der Waals surface area (Å²) in [6.07, 6.45) is 8.64. The van der Waals surface area contributed by atoms with Crippen LogP contribution in [0.5, 0.6) is 0 Å². The molecule has 0 amide bonds. The highest BCUT2D eigenvalue weighted by atomic mass is 16.5. The van der Waals surface area contributed by atoms with Crippen LogP contribution in [0.3, 0.4) is 0 Å². The molecule has 21 heavy (non-hydrogen) atoms. The zero-order chi connectivity index (χ0) is 15.2. The van der Waals surface area contributed by atoms with Crippen LogP contribution in [0.2, 0.25) is 0 Å². The van der Waals surface area contributed by atoms with E-state index in [1.807, 2.05) is 0 Å². The summed E-state index contributed by atoms with van der Waals surface area (Å²) in [5, 5.41) is 12.4. The average molecular weight is 298 g/mol. The first-order valence-corrected chi connectivity index (χ1v) is 8.87. The maximum absolute atomic E-state index is 10.1. The quantitative estimate of drug-likeness (QED) is 0.791. The lowest BCUT2D eigenvalue weighted by atomic mass is 9.89. The van der Waals surface area contributed by atoms with Crippen molar-refractivity contribution in [2.45, 2.75) is 90.0 Å². The van der Waals surface area contributed by atoms with Gasteiger partial charge in [0.15, 0.2) is 0 Å². The Kier molecular flexibility index (Phi) is 6.93. The van der Waals surface area contributed by atoms with Gasteiger partial charge in [0.1, 0.15) is 0 Å². The summed E-state index contributed by atoms with van der Waals surface area (Å²) in [5.41, 5.74) is 3.42. The van der Waals surface area contributed by atoms with E-state index in [1.165, 1.54) is 32.1 Å². The molecule has 0 spiro atoms. The second-order valence-electron chi connectivity index (χ2n) is 7.28. The minimum atomic E-state index is -0.413. The zero-order valence-corrected chi connectivity index (χ0v) is 14.1. The van der Waals surface area contributed by atoms with Crippen LogP contribution in [0.4, 0.5) is 0 Å². The van der Waals surface area contributed by atoms with Crippen molar-refractivity contribution in [3.8, 4) is 0 Å². The standard InChI is InChI=1S/C17H34N2O2/c1-13-6-4-9-17(10-13)21-12-16(20)11-18-19-14(2)7-5-8-15(19)3/h13-18,20H,4-12H2,1-3H3. The number of hydrazine groups is 1. The highest BCUT2D eigenvalue weighted by molar-refractivity contribution is 4.77. The topological polar surface area (TPSA) is 44.7 Å². The van der Waals surface area contributed by atoms with E-state index >= 15 is 0 Å². The molecule has 1 aliphatic heterocycles. The van der Waals surface area contributed by atoms with Crippen molar-refractivity contribution in [3.63, 3.8) is 0 Å². The van der Waals surface area contributed by atoms with Gasteiger partial charge < -0.3 is 9.84 Å². The summed E-state index contributed by atoms with van der Waals surface area (Å²) in [6.45, 7) is 7.87. The first kappa shape index (κ1) is 17.2. The number of ether oxygens (including phenoxy) is 1. The summed E-state index contributed by atoms with van der Waals surface area (Å²) < 4.78 is 5.90. The second kappa shape index (κ2) is 8.47. The van der Waals surface area contributed by atoms with E-state index in [4.69, 9.17) is 4.74 Å². The predicted octanol–water partition coefficient (Wildman–Crippen LogP) is 2.71. The van der Waals surface area contributed by atoms with Gasteiger partial charge in [-0.1, -0.05) is 26.2 Å². The molecular weight excluding hydrogens is 264 g/mol. The van der Waals surface area contributed by atoms with Gasteiger partial charge in [0.2, 0.25) is 0 Å². The number of hydrogen-bond donors (Lipinski definition) is 2. The van der Waals surface area contributed by atoms with E-state index in [0.717, 1.165) is 18.8 Å². The maximum atomic E-state index is 10.1. The molecule has 4 heteroatoms. The smallest absolute Gasteiger partial charge is 0.0911 e. The normalized spacial score (nSPS) is 36.6. The Hall–Kier alpha value is -0.160. The largest absolute Gasteiger partial charge is 0.389 e. The van der Waals surface area contributed by atoms with Crippen molar-refractivity contribution in [2.24, 2.45) is 5.92 Å². The molecule has 0 radical (unpaired) electrons. The van der Waals surface area contributed by atoms with Crippen molar-refractivity contribution in [1.82, 2.24) is 10.4 Å². The van der Waals surface area contributed by atoms with Gasteiger partial charge in [0.25, 0.3) is 0 Å². The van der Waals surface area contributed by atoms with E-state index in [2.05, 4.69) is 31.2 Å². The molecule has 0 aromatic heterocycles. The summed E-state index contributed by atoms with van der Waals surface area (Å²) >= 11 is 0. The average Bonchev–Trinajstić information content (AvgIpc) is 2.45. The number of hydrogen-bond acceptors (Lipinski definition) is 4. The number of piperidine rings is 1. The van der Waals surface area contributed by atoms with Crippen LogP contribution in [-0.4, -0.2) is 47.6 Å². The number of rotatable bonds is 6. The Labute approximate surface area is 130 Å². The van der Waals surface area contributed by atoms with E-state index < -0.39 is 6.10 Å². The fraction of sp³-hybridized carbons (Fsp3) is 1.00. The van der Waals surface area contributed by atoms with Gasteiger partial charge in [-0.15, -0.1) is 0 Å². The van der Waals surface area contributed by atoms with Gasteiger partial charge in [0, 0.05) is 18.6 Å². The Morgan fingerprint density at radius 1 is 1.10 bits per heavy atom.